The molecule has 2 aromatic rings. The molecule has 0 saturated heterocycles. The highest BCUT2D eigenvalue weighted by atomic mass is 16.5. The van der Waals surface area contributed by atoms with Crippen LogP contribution in [0.5, 0.6) is 5.75 Å². The number of hydrogen-bond donors (Lipinski definition) is 1. The van der Waals surface area contributed by atoms with Crippen molar-refractivity contribution in [2.45, 2.75) is 33.2 Å². The van der Waals surface area contributed by atoms with Gasteiger partial charge in [-0.25, -0.2) is 4.79 Å². The molecule has 1 aliphatic heterocycles. The molecule has 1 aliphatic carbocycles. The summed E-state index contributed by atoms with van der Waals surface area (Å²) in [7, 11) is 2.85. The molecule has 1 atom stereocenters. The molecule has 0 bridgehead atoms. The van der Waals surface area contributed by atoms with Crippen molar-refractivity contribution >= 4 is 30.3 Å². The lowest BCUT2D eigenvalue weighted by Crippen LogP contribution is -2.48. The van der Waals surface area contributed by atoms with Crippen LogP contribution in [0.1, 0.15) is 57.3 Å². The van der Waals surface area contributed by atoms with E-state index in [9.17, 15) is 19.2 Å². The van der Waals surface area contributed by atoms with Crippen molar-refractivity contribution in [3.63, 3.8) is 0 Å². The SMILES string of the molecule is COC(=O)c1cnc(/C=C(\C2CC2)[C@@](C)(CN2Cc3ccc(OC)cc3C2=O)C(=O)NC=O)c(C)c1. The summed E-state index contributed by atoms with van der Waals surface area (Å²) in [6.45, 7) is 4.02. The highest BCUT2D eigenvalue weighted by Gasteiger charge is 2.46. The predicted octanol–water partition coefficient (Wildman–Crippen LogP) is 2.91. The van der Waals surface area contributed by atoms with Crippen LogP contribution in [0.25, 0.3) is 6.08 Å². The van der Waals surface area contributed by atoms with Crippen molar-refractivity contribution in [2.75, 3.05) is 20.8 Å². The molecular weight excluding hydrogens is 462 g/mol. The summed E-state index contributed by atoms with van der Waals surface area (Å²) in [5.41, 5.74) is 2.69. The quantitative estimate of drug-likeness (QED) is 0.424. The number of nitrogens with zero attached hydrogens (tertiary/aromatic N) is 2. The van der Waals surface area contributed by atoms with Gasteiger partial charge in [0, 0.05) is 24.8 Å². The van der Waals surface area contributed by atoms with Crippen LogP contribution in [0.3, 0.4) is 0 Å². The molecule has 9 heteroatoms. The summed E-state index contributed by atoms with van der Waals surface area (Å²) in [5.74, 6) is -0.459. The second-order valence-electron chi connectivity index (χ2n) is 9.40. The average Bonchev–Trinajstić information content (AvgIpc) is 3.67. The van der Waals surface area contributed by atoms with Gasteiger partial charge in [-0.3, -0.25) is 24.7 Å². The number of amides is 3. The van der Waals surface area contributed by atoms with Crippen LogP contribution in [0.4, 0.5) is 0 Å². The van der Waals surface area contributed by atoms with Crippen molar-refractivity contribution < 1.29 is 28.7 Å². The number of carbonyl (C=O) groups excluding carboxylic acids is 4. The van der Waals surface area contributed by atoms with Crippen molar-refractivity contribution in [1.29, 1.82) is 0 Å². The number of pyridine rings is 1. The van der Waals surface area contributed by atoms with Gasteiger partial charge in [0.25, 0.3) is 5.91 Å². The molecule has 1 saturated carbocycles. The minimum Gasteiger partial charge on any atom is -0.497 e. The van der Waals surface area contributed by atoms with E-state index in [2.05, 4.69) is 10.3 Å². The lowest BCUT2D eigenvalue weighted by molar-refractivity contribution is -0.132. The Bertz CT molecular complexity index is 1270. The number of benzene rings is 1. The van der Waals surface area contributed by atoms with Crippen LogP contribution in [0.15, 0.2) is 36.0 Å². The normalized spacial score (nSPS) is 16.7. The average molecular weight is 492 g/mol. The molecular formula is C27H29N3O6. The minimum absolute atomic E-state index is 0.0874. The van der Waals surface area contributed by atoms with Gasteiger partial charge in [-0.15, -0.1) is 0 Å². The monoisotopic (exact) mass is 491 g/mol. The van der Waals surface area contributed by atoms with Gasteiger partial charge in [0.15, 0.2) is 0 Å². The number of imide groups is 1. The molecule has 0 unspecified atom stereocenters. The fourth-order valence-electron chi connectivity index (χ4n) is 4.72. The third-order valence-corrected chi connectivity index (χ3v) is 6.88. The van der Waals surface area contributed by atoms with Crippen LogP contribution in [0.2, 0.25) is 0 Å². The minimum atomic E-state index is -1.18. The molecule has 1 fully saturated rings. The van der Waals surface area contributed by atoms with Crippen molar-refractivity contribution in [2.24, 2.45) is 11.3 Å². The summed E-state index contributed by atoms with van der Waals surface area (Å²) < 4.78 is 10.0. The summed E-state index contributed by atoms with van der Waals surface area (Å²) >= 11 is 0. The van der Waals surface area contributed by atoms with Crippen molar-refractivity contribution in [3.05, 3.63) is 64.0 Å². The Morgan fingerprint density at radius 3 is 2.61 bits per heavy atom. The summed E-state index contributed by atoms with van der Waals surface area (Å²) in [6.07, 6.45) is 5.44. The zero-order valence-corrected chi connectivity index (χ0v) is 20.8. The van der Waals surface area contributed by atoms with Crippen LogP contribution in [0, 0.1) is 18.3 Å². The van der Waals surface area contributed by atoms with E-state index in [1.54, 1.807) is 37.1 Å². The van der Waals surface area contributed by atoms with Gasteiger partial charge in [0.1, 0.15) is 5.75 Å². The van der Waals surface area contributed by atoms with Crippen LogP contribution < -0.4 is 10.1 Å². The smallest absolute Gasteiger partial charge is 0.339 e. The highest BCUT2D eigenvalue weighted by Crippen LogP contribution is 2.47. The number of carbonyl (C=O) groups is 4. The van der Waals surface area contributed by atoms with Gasteiger partial charge >= 0.3 is 5.97 Å². The number of aromatic nitrogens is 1. The first-order valence-corrected chi connectivity index (χ1v) is 11.7. The molecule has 3 amide bonds. The standard InChI is InChI=1S/C27H29N3O6/c1-16-9-19(25(33)36-4)12-28-23(16)11-22(17-5-6-17)27(2,26(34)29-15-31)14-30-13-18-7-8-20(35-3)10-21(18)24(30)32/h7-12,15,17H,5-6,13-14H2,1-4H3,(H,29,31,34)/b22-11+/t27-/m1/s1. The maximum absolute atomic E-state index is 13.3. The molecule has 36 heavy (non-hydrogen) atoms. The third-order valence-electron chi connectivity index (χ3n) is 6.88. The first-order valence-electron chi connectivity index (χ1n) is 11.7. The van der Waals surface area contributed by atoms with Gasteiger partial charge in [0.2, 0.25) is 12.3 Å². The first-order chi connectivity index (χ1) is 17.2. The van der Waals surface area contributed by atoms with E-state index in [-0.39, 0.29) is 18.4 Å². The summed E-state index contributed by atoms with van der Waals surface area (Å²) in [6, 6.07) is 7.04. The van der Waals surface area contributed by atoms with E-state index in [1.807, 2.05) is 19.1 Å². The molecule has 2 aliphatic rings. The second kappa shape index (κ2) is 9.93. The molecule has 0 radical (unpaired) electrons. The van der Waals surface area contributed by atoms with Crippen molar-refractivity contribution in [1.82, 2.24) is 15.2 Å². The number of aryl methyl sites for hydroxylation is 1. The number of methoxy groups -OCH3 is 2. The number of ether oxygens (including phenoxy) is 2. The fraction of sp³-hybridized carbons (Fsp3) is 0.370. The van der Waals surface area contributed by atoms with Crippen molar-refractivity contribution in [3.8, 4) is 5.75 Å². The van der Waals surface area contributed by atoms with E-state index in [0.29, 0.717) is 35.5 Å². The van der Waals surface area contributed by atoms with Gasteiger partial charge in [-0.1, -0.05) is 6.07 Å². The second-order valence-corrected chi connectivity index (χ2v) is 9.40. The van der Waals surface area contributed by atoms with E-state index >= 15 is 0 Å². The molecule has 9 nitrogen and oxygen atoms in total. The Morgan fingerprint density at radius 1 is 1.25 bits per heavy atom. The molecule has 1 aromatic carbocycles. The fourth-order valence-corrected chi connectivity index (χ4v) is 4.72. The number of nitrogens with one attached hydrogen (secondary N) is 1. The summed E-state index contributed by atoms with van der Waals surface area (Å²) in [5, 5.41) is 2.31. The predicted molar refractivity (Wildman–Crippen MR) is 131 cm³/mol. The summed E-state index contributed by atoms with van der Waals surface area (Å²) in [4.78, 5) is 55.8. The molecule has 2 heterocycles. The van der Waals surface area contributed by atoms with E-state index in [0.717, 1.165) is 29.5 Å². The number of fused-ring (bicyclic) bond motifs is 1. The van der Waals surface area contributed by atoms with E-state index in [1.165, 1.54) is 13.3 Å². The maximum Gasteiger partial charge on any atom is 0.339 e. The first kappa shape index (κ1) is 25.1. The topological polar surface area (TPSA) is 115 Å². The lowest BCUT2D eigenvalue weighted by Gasteiger charge is -2.34. The number of rotatable bonds is 9. The zero-order chi connectivity index (χ0) is 26.0. The van der Waals surface area contributed by atoms with Gasteiger partial charge in [-0.05, 0) is 73.6 Å². The lowest BCUT2D eigenvalue weighted by atomic mass is 9.77. The Hall–Kier alpha value is -4.01. The molecule has 4 rings (SSSR count). The Balaban J connectivity index is 1.72. The Morgan fingerprint density at radius 2 is 2.00 bits per heavy atom. The van der Waals surface area contributed by atoms with E-state index < -0.39 is 17.3 Å². The Kier molecular flexibility index (Phi) is 6.92. The number of hydrogen-bond acceptors (Lipinski definition) is 7. The van der Waals surface area contributed by atoms with Gasteiger partial charge in [0.05, 0.1) is 30.9 Å². The third kappa shape index (κ3) is 4.73. The van der Waals surface area contributed by atoms with Gasteiger partial charge in [-0.2, -0.15) is 0 Å². The number of esters is 1. The maximum atomic E-state index is 13.3. The molecule has 0 spiro atoms. The van der Waals surface area contributed by atoms with E-state index in [4.69, 9.17) is 9.47 Å². The Labute approximate surface area is 209 Å². The van der Waals surface area contributed by atoms with Crippen LogP contribution in [-0.2, 0) is 20.9 Å². The molecule has 1 N–H and O–H groups in total. The molecule has 1 aromatic heterocycles. The highest BCUT2D eigenvalue weighted by molar-refractivity contribution is 6.00. The zero-order valence-electron chi connectivity index (χ0n) is 20.8. The largest absolute Gasteiger partial charge is 0.497 e. The van der Waals surface area contributed by atoms with Crippen LogP contribution in [-0.4, -0.2) is 54.8 Å². The van der Waals surface area contributed by atoms with Crippen LogP contribution >= 0.6 is 0 Å². The van der Waals surface area contributed by atoms with Gasteiger partial charge < -0.3 is 14.4 Å². The molecule has 188 valence electrons.